The summed E-state index contributed by atoms with van der Waals surface area (Å²) < 4.78 is 6.51. The number of carbonyl (C=O) groups is 1. The van der Waals surface area contributed by atoms with Gasteiger partial charge in [0.1, 0.15) is 19.5 Å². The summed E-state index contributed by atoms with van der Waals surface area (Å²) in [4.78, 5) is 15.3. The van der Waals surface area contributed by atoms with Crippen LogP contribution >= 0.6 is 0 Å². The van der Waals surface area contributed by atoms with Gasteiger partial charge >= 0.3 is 5.97 Å². The largest absolute Gasteiger partial charge is 0.459 e. The standard InChI is InChI=1S/C13H16N4O2/c1-9-3-4-11(5-10(9)2)7-19-12(18)6-17-8-15-13(14)16-17/h3-5,8H,6-7H2,1-2H3,(H2,14,16). The van der Waals surface area contributed by atoms with Gasteiger partial charge in [-0.3, -0.25) is 4.79 Å². The van der Waals surface area contributed by atoms with Crippen molar-refractivity contribution < 1.29 is 9.53 Å². The Labute approximate surface area is 111 Å². The number of nitrogens with zero attached hydrogens (tertiary/aromatic N) is 3. The van der Waals surface area contributed by atoms with Crippen LogP contribution in [0.1, 0.15) is 16.7 Å². The third-order valence-corrected chi connectivity index (χ3v) is 2.82. The fraction of sp³-hybridized carbons (Fsp3) is 0.308. The highest BCUT2D eigenvalue weighted by atomic mass is 16.5. The molecule has 0 radical (unpaired) electrons. The number of rotatable bonds is 4. The Morgan fingerprint density at radius 2 is 2.16 bits per heavy atom. The Morgan fingerprint density at radius 1 is 1.37 bits per heavy atom. The summed E-state index contributed by atoms with van der Waals surface area (Å²) in [5, 5.41) is 3.81. The molecule has 2 N–H and O–H groups in total. The van der Waals surface area contributed by atoms with Crippen molar-refractivity contribution >= 4 is 11.9 Å². The van der Waals surface area contributed by atoms with E-state index in [2.05, 4.69) is 10.1 Å². The van der Waals surface area contributed by atoms with Gasteiger partial charge in [-0.1, -0.05) is 18.2 Å². The van der Waals surface area contributed by atoms with E-state index in [0.717, 1.165) is 5.56 Å². The number of anilines is 1. The number of esters is 1. The minimum absolute atomic E-state index is 0.00897. The minimum atomic E-state index is -0.372. The van der Waals surface area contributed by atoms with Gasteiger partial charge in [0.05, 0.1) is 0 Å². The lowest BCUT2D eigenvalue weighted by Gasteiger charge is -2.07. The summed E-state index contributed by atoms with van der Waals surface area (Å²) in [6.45, 7) is 4.33. The lowest BCUT2D eigenvalue weighted by molar-refractivity contribution is -0.145. The van der Waals surface area contributed by atoms with Gasteiger partial charge in [-0.15, -0.1) is 5.10 Å². The van der Waals surface area contributed by atoms with E-state index in [0.29, 0.717) is 0 Å². The van der Waals surface area contributed by atoms with E-state index in [9.17, 15) is 4.79 Å². The molecule has 0 saturated carbocycles. The third-order valence-electron chi connectivity index (χ3n) is 2.82. The molecule has 1 aromatic heterocycles. The fourth-order valence-corrected chi connectivity index (χ4v) is 1.62. The Kier molecular flexibility index (Phi) is 3.79. The average molecular weight is 260 g/mol. The number of benzene rings is 1. The van der Waals surface area contributed by atoms with Crippen LogP contribution in [-0.2, 0) is 22.7 Å². The average Bonchev–Trinajstić information content (AvgIpc) is 2.76. The number of nitrogens with two attached hydrogens (primary N) is 1. The number of aryl methyl sites for hydroxylation is 2. The summed E-state index contributed by atoms with van der Waals surface area (Å²) >= 11 is 0. The van der Waals surface area contributed by atoms with Gasteiger partial charge in [0.15, 0.2) is 0 Å². The fourth-order valence-electron chi connectivity index (χ4n) is 1.62. The first-order valence-corrected chi connectivity index (χ1v) is 5.91. The van der Waals surface area contributed by atoms with Crippen LogP contribution in [0.2, 0.25) is 0 Å². The molecule has 1 aromatic carbocycles. The molecule has 6 heteroatoms. The Bertz CT molecular complexity index is 592. The smallest absolute Gasteiger partial charge is 0.328 e. The Morgan fingerprint density at radius 3 is 2.79 bits per heavy atom. The predicted octanol–water partition coefficient (Wildman–Crippen LogP) is 1.22. The quantitative estimate of drug-likeness (QED) is 0.836. The zero-order valence-corrected chi connectivity index (χ0v) is 11.0. The minimum Gasteiger partial charge on any atom is -0.459 e. The van der Waals surface area contributed by atoms with E-state index in [-0.39, 0.29) is 25.1 Å². The van der Waals surface area contributed by atoms with E-state index in [4.69, 9.17) is 10.5 Å². The van der Waals surface area contributed by atoms with Crippen LogP contribution in [0.5, 0.6) is 0 Å². The summed E-state index contributed by atoms with van der Waals surface area (Å²) in [5.41, 5.74) is 8.72. The van der Waals surface area contributed by atoms with Gasteiger partial charge in [0.2, 0.25) is 5.95 Å². The summed E-state index contributed by atoms with van der Waals surface area (Å²) in [6.07, 6.45) is 1.40. The van der Waals surface area contributed by atoms with Crippen LogP contribution in [-0.4, -0.2) is 20.7 Å². The van der Waals surface area contributed by atoms with Crippen molar-refractivity contribution in [3.8, 4) is 0 Å². The van der Waals surface area contributed by atoms with Crippen molar-refractivity contribution in [3.05, 3.63) is 41.2 Å². The molecule has 0 aliphatic heterocycles. The van der Waals surface area contributed by atoms with Gasteiger partial charge < -0.3 is 10.5 Å². The highest BCUT2D eigenvalue weighted by Crippen LogP contribution is 2.10. The second kappa shape index (κ2) is 5.51. The second-order valence-electron chi connectivity index (χ2n) is 4.38. The molecule has 100 valence electrons. The maximum atomic E-state index is 11.6. The van der Waals surface area contributed by atoms with Crippen LogP contribution in [0.3, 0.4) is 0 Å². The molecule has 0 atom stereocenters. The number of hydrogen-bond acceptors (Lipinski definition) is 5. The van der Waals surface area contributed by atoms with Crippen molar-refractivity contribution in [3.63, 3.8) is 0 Å². The van der Waals surface area contributed by atoms with Crippen molar-refractivity contribution in [1.82, 2.24) is 14.8 Å². The van der Waals surface area contributed by atoms with Crippen LogP contribution < -0.4 is 5.73 Å². The molecule has 2 aromatic rings. The molecule has 0 aliphatic carbocycles. The SMILES string of the molecule is Cc1ccc(COC(=O)Cn2cnc(N)n2)cc1C. The molecule has 0 amide bonds. The van der Waals surface area contributed by atoms with E-state index < -0.39 is 0 Å². The lowest BCUT2D eigenvalue weighted by atomic mass is 10.1. The van der Waals surface area contributed by atoms with E-state index >= 15 is 0 Å². The molecule has 6 nitrogen and oxygen atoms in total. The molecule has 19 heavy (non-hydrogen) atoms. The van der Waals surface area contributed by atoms with Crippen LogP contribution in [0.25, 0.3) is 0 Å². The molecule has 0 bridgehead atoms. The maximum Gasteiger partial charge on any atom is 0.328 e. The third kappa shape index (κ3) is 3.54. The molecule has 0 unspecified atom stereocenters. The van der Waals surface area contributed by atoms with Gasteiger partial charge in [0.25, 0.3) is 0 Å². The van der Waals surface area contributed by atoms with Crippen molar-refractivity contribution in [2.24, 2.45) is 0 Å². The number of ether oxygens (including phenoxy) is 1. The second-order valence-corrected chi connectivity index (χ2v) is 4.38. The number of carbonyl (C=O) groups excluding carboxylic acids is 1. The molecule has 2 rings (SSSR count). The summed E-state index contributed by atoms with van der Waals surface area (Å²) in [5.74, 6) is -0.231. The van der Waals surface area contributed by atoms with Crippen molar-refractivity contribution in [2.75, 3.05) is 5.73 Å². The monoisotopic (exact) mass is 260 g/mol. The van der Waals surface area contributed by atoms with Crippen LogP contribution in [0.15, 0.2) is 24.5 Å². The van der Waals surface area contributed by atoms with E-state index in [1.165, 1.54) is 22.1 Å². The molecule has 0 fully saturated rings. The highest BCUT2D eigenvalue weighted by molar-refractivity contribution is 5.69. The molecular formula is C13H16N4O2. The predicted molar refractivity (Wildman–Crippen MR) is 70.1 cm³/mol. The Balaban J connectivity index is 1.88. The topological polar surface area (TPSA) is 83.0 Å². The highest BCUT2D eigenvalue weighted by Gasteiger charge is 2.06. The van der Waals surface area contributed by atoms with Gasteiger partial charge in [-0.05, 0) is 30.5 Å². The first kappa shape index (κ1) is 13.1. The zero-order chi connectivity index (χ0) is 13.8. The van der Waals surface area contributed by atoms with Crippen LogP contribution in [0, 0.1) is 13.8 Å². The summed E-state index contributed by atoms with van der Waals surface area (Å²) in [7, 11) is 0. The molecular weight excluding hydrogens is 244 g/mol. The first-order valence-electron chi connectivity index (χ1n) is 5.91. The molecule has 1 heterocycles. The van der Waals surface area contributed by atoms with E-state index in [1.807, 2.05) is 32.0 Å². The normalized spacial score (nSPS) is 10.4. The van der Waals surface area contributed by atoms with Gasteiger partial charge in [0, 0.05) is 0 Å². The maximum absolute atomic E-state index is 11.6. The van der Waals surface area contributed by atoms with E-state index in [1.54, 1.807) is 0 Å². The van der Waals surface area contributed by atoms with Gasteiger partial charge in [-0.25, -0.2) is 9.67 Å². The molecule has 0 spiro atoms. The zero-order valence-electron chi connectivity index (χ0n) is 11.0. The number of nitrogen functional groups attached to an aromatic ring is 1. The Hall–Kier alpha value is -2.37. The summed E-state index contributed by atoms with van der Waals surface area (Å²) in [6, 6.07) is 5.97. The van der Waals surface area contributed by atoms with Crippen molar-refractivity contribution in [1.29, 1.82) is 0 Å². The first-order chi connectivity index (χ1) is 9.04. The van der Waals surface area contributed by atoms with Crippen LogP contribution in [0.4, 0.5) is 5.95 Å². The number of aromatic nitrogens is 3. The molecule has 0 aliphatic rings. The van der Waals surface area contributed by atoms with Gasteiger partial charge in [-0.2, -0.15) is 0 Å². The van der Waals surface area contributed by atoms with Crippen molar-refractivity contribution in [2.45, 2.75) is 27.0 Å². The number of hydrogen-bond donors (Lipinski definition) is 1. The lowest BCUT2D eigenvalue weighted by Crippen LogP contribution is -2.14. The molecule has 0 saturated heterocycles.